The van der Waals surface area contributed by atoms with Gasteiger partial charge in [-0.1, -0.05) is 0 Å². The molecule has 0 radical (unpaired) electrons. The number of nitrogen functional groups attached to an aromatic ring is 1. The lowest BCUT2D eigenvalue weighted by Crippen LogP contribution is -2.21. The number of aromatic amines is 1. The summed E-state index contributed by atoms with van der Waals surface area (Å²) in [6.07, 6.45) is 0. The molecule has 0 saturated carbocycles. The van der Waals surface area contributed by atoms with Crippen LogP contribution in [0.25, 0.3) is 0 Å². The fraction of sp³-hybridized carbons (Fsp3) is 0.444. The minimum absolute atomic E-state index is 0.176. The molecule has 2 rings (SSSR count). The summed E-state index contributed by atoms with van der Waals surface area (Å²) in [7, 11) is 1.59. The van der Waals surface area contributed by atoms with E-state index in [4.69, 9.17) is 11.5 Å². The van der Waals surface area contributed by atoms with Gasteiger partial charge in [0.1, 0.15) is 0 Å². The summed E-state index contributed by atoms with van der Waals surface area (Å²) >= 11 is 1.37. The quantitative estimate of drug-likeness (QED) is 0.237. The van der Waals surface area contributed by atoms with E-state index in [1.54, 1.807) is 18.8 Å². The first kappa shape index (κ1) is 16.7. The van der Waals surface area contributed by atoms with E-state index in [9.17, 15) is 4.55 Å². The van der Waals surface area contributed by atoms with Gasteiger partial charge in [-0.05, 0) is 0 Å². The molecular weight excluding hydrogens is 346 g/mol. The second kappa shape index (κ2) is 8.07. The third-order valence-electron chi connectivity index (χ3n) is 2.29. The maximum Gasteiger partial charge on any atom is 0.229 e. The van der Waals surface area contributed by atoms with Crippen molar-refractivity contribution in [2.75, 3.05) is 30.4 Å². The van der Waals surface area contributed by atoms with Crippen LogP contribution in [-0.4, -0.2) is 48.0 Å². The number of hydrogen-bond donors (Lipinski definition) is 4. The number of H-pyrrole nitrogens is 1. The first-order valence-electron chi connectivity index (χ1n) is 6.05. The van der Waals surface area contributed by atoms with Crippen LogP contribution < -0.4 is 22.3 Å². The van der Waals surface area contributed by atoms with Gasteiger partial charge in [-0.3, -0.25) is 9.98 Å². The van der Waals surface area contributed by atoms with Crippen LogP contribution >= 0.6 is 34.4 Å². The van der Waals surface area contributed by atoms with Gasteiger partial charge >= 0.3 is 0 Å². The molecule has 0 aromatic carbocycles. The number of thioether (sulfide) groups is 1. The Bertz CT molecular complexity index is 703. The minimum atomic E-state index is -1.49. The van der Waals surface area contributed by atoms with Gasteiger partial charge in [-0.15, -0.1) is 4.37 Å². The van der Waals surface area contributed by atoms with Gasteiger partial charge in [0.15, 0.2) is 22.9 Å². The molecule has 13 heteroatoms. The van der Waals surface area contributed by atoms with Crippen molar-refractivity contribution in [1.29, 1.82) is 0 Å². The molecule has 0 amide bonds. The second-order valence-electron chi connectivity index (χ2n) is 3.86. The second-order valence-corrected chi connectivity index (χ2v) is 6.60. The van der Waals surface area contributed by atoms with E-state index in [2.05, 4.69) is 33.4 Å². The van der Waals surface area contributed by atoms with Gasteiger partial charge < -0.3 is 21.3 Å². The lowest BCUT2D eigenvalue weighted by molar-refractivity contribution is 0.584. The van der Waals surface area contributed by atoms with E-state index in [1.165, 1.54) is 11.5 Å². The van der Waals surface area contributed by atoms with E-state index in [0.717, 1.165) is 11.6 Å². The molecule has 0 spiro atoms. The lowest BCUT2D eigenvalue weighted by Gasteiger charge is -1.97. The SMILES string of the molecule is CN=C(N)Nc1nc(CSCCN=c2[nH][s+]([O-])nc2N)ns1. The van der Waals surface area contributed by atoms with Crippen LogP contribution in [0.1, 0.15) is 5.82 Å². The molecule has 6 N–H and O–H groups in total. The number of nitrogens with zero attached hydrogens (tertiary/aromatic N) is 5. The molecule has 0 aliphatic rings. The minimum Gasteiger partial charge on any atom is -0.548 e. The van der Waals surface area contributed by atoms with Crippen molar-refractivity contribution in [2.24, 2.45) is 15.7 Å². The van der Waals surface area contributed by atoms with Gasteiger partial charge in [0, 0.05) is 28.7 Å². The normalized spacial score (nSPS) is 13.6. The Hall–Kier alpha value is -1.70. The van der Waals surface area contributed by atoms with Crippen molar-refractivity contribution in [3.05, 3.63) is 11.3 Å². The Morgan fingerprint density at radius 2 is 2.41 bits per heavy atom. The molecule has 2 aromatic heterocycles. The van der Waals surface area contributed by atoms with Crippen molar-refractivity contribution in [1.82, 2.24) is 18.1 Å². The van der Waals surface area contributed by atoms with Crippen LogP contribution in [0.15, 0.2) is 9.98 Å². The summed E-state index contributed by atoms with van der Waals surface area (Å²) < 4.78 is 21.4. The summed E-state index contributed by atoms with van der Waals surface area (Å²) in [5, 5.41) is 3.45. The van der Waals surface area contributed by atoms with Gasteiger partial charge in [0.2, 0.25) is 16.4 Å². The molecular formula is C9H15N9OS3. The van der Waals surface area contributed by atoms with E-state index in [0.29, 0.717) is 28.9 Å². The first-order chi connectivity index (χ1) is 10.6. The smallest absolute Gasteiger partial charge is 0.229 e. The standard InChI is InChI=1S/C9H15N9OS3/c1-12-8(11)15-9-14-5(16-21-9)4-20-3-2-13-7-6(10)17-22(19)18-7/h2-4H2,1H3,(H2,10,17)(H,13,18)(H3,11,12,14,15,16). The van der Waals surface area contributed by atoms with Crippen molar-refractivity contribution < 1.29 is 4.55 Å². The number of rotatable bonds is 6. The van der Waals surface area contributed by atoms with E-state index >= 15 is 0 Å². The zero-order valence-electron chi connectivity index (χ0n) is 11.6. The maximum atomic E-state index is 11.0. The fourth-order valence-corrected chi connectivity index (χ4v) is 3.31. The van der Waals surface area contributed by atoms with Gasteiger partial charge in [-0.25, -0.2) is 4.98 Å². The Morgan fingerprint density at radius 1 is 1.59 bits per heavy atom. The predicted molar refractivity (Wildman–Crippen MR) is 89.3 cm³/mol. The van der Waals surface area contributed by atoms with Crippen LogP contribution in [-0.2, 0) is 5.75 Å². The molecule has 2 aromatic rings. The van der Waals surface area contributed by atoms with Crippen LogP contribution in [0.2, 0.25) is 0 Å². The molecule has 2 heterocycles. The topological polar surface area (TPSA) is 166 Å². The molecule has 1 atom stereocenters. The van der Waals surface area contributed by atoms with Crippen molar-refractivity contribution in [3.8, 4) is 0 Å². The van der Waals surface area contributed by atoms with E-state index in [1.807, 2.05) is 0 Å². The third-order valence-corrected chi connectivity index (χ3v) is 4.62. The third kappa shape index (κ3) is 4.94. The summed E-state index contributed by atoms with van der Waals surface area (Å²) in [5.41, 5.74) is 11.5. The number of nitrogens with one attached hydrogen (secondary N) is 2. The van der Waals surface area contributed by atoms with Crippen LogP contribution in [0.3, 0.4) is 0 Å². The molecule has 120 valence electrons. The molecule has 1 unspecified atom stereocenters. The predicted octanol–water partition coefficient (Wildman–Crippen LogP) is -0.238. The Kier molecular flexibility index (Phi) is 6.11. The zero-order chi connectivity index (χ0) is 15.9. The van der Waals surface area contributed by atoms with Crippen molar-refractivity contribution >= 4 is 51.3 Å². The average molecular weight is 361 g/mol. The largest absolute Gasteiger partial charge is 0.548 e. The Morgan fingerprint density at radius 3 is 3.09 bits per heavy atom. The number of anilines is 2. The van der Waals surface area contributed by atoms with E-state index in [-0.39, 0.29) is 5.82 Å². The number of guanidine groups is 1. The summed E-state index contributed by atoms with van der Waals surface area (Å²) in [5.74, 6) is 2.61. The number of aromatic nitrogens is 4. The van der Waals surface area contributed by atoms with Crippen LogP contribution in [0.4, 0.5) is 10.9 Å². The highest BCUT2D eigenvalue weighted by Gasteiger charge is 2.05. The van der Waals surface area contributed by atoms with Crippen molar-refractivity contribution in [2.45, 2.75) is 5.75 Å². The monoisotopic (exact) mass is 361 g/mol. The highest BCUT2D eigenvalue weighted by molar-refractivity contribution is 7.98. The summed E-state index contributed by atoms with van der Waals surface area (Å²) in [6, 6.07) is 0. The summed E-state index contributed by atoms with van der Waals surface area (Å²) in [6.45, 7) is 0.533. The zero-order valence-corrected chi connectivity index (χ0v) is 14.1. The Labute approximate surface area is 137 Å². The molecule has 0 bridgehead atoms. The molecule has 0 aliphatic carbocycles. The van der Waals surface area contributed by atoms with Crippen molar-refractivity contribution in [3.63, 3.8) is 0 Å². The number of aliphatic imine (C=N–C) groups is 1. The molecule has 0 aliphatic heterocycles. The van der Waals surface area contributed by atoms with E-state index < -0.39 is 11.1 Å². The van der Waals surface area contributed by atoms with Gasteiger partial charge in [0.05, 0.1) is 12.3 Å². The highest BCUT2D eigenvalue weighted by atomic mass is 32.2. The maximum absolute atomic E-state index is 11.0. The fourth-order valence-electron chi connectivity index (χ4n) is 1.32. The number of hydrogen-bond acceptors (Lipinski definition) is 9. The molecule has 0 saturated heterocycles. The van der Waals surface area contributed by atoms with Gasteiger partial charge in [-0.2, -0.15) is 16.1 Å². The first-order valence-corrected chi connectivity index (χ1v) is 9.09. The molecule has 22 heavy (non-hydrogen) atoms. The molecule has 10 nitrogen and oxygen atoms in total. The lowest BCUT2D eigenvalue weighted by atomic mass is 10.7. The van der Waals surface area contributed by atoms with Gasteiger partial charge in [0.25, 0.3) is 0 Å². The highest BCUT2D eigenvalue weighted by Crippen LogP contribution is 2.15. The van der Waals surface area contributed by atoms with Crippen LogP contribution in [0, 0.1) is 0 Å². The summed E-state index contributed by atoms with van der Waals surface area (Å²) in [4.78, 5) is 12.3. The average Bonchev–Trinajstić information content (AvgIpc) is 3.05. The Balaban J connectivity index is 1.75. The molecule has 0 fully saturated rings. The number of nitrogens with two attached hydrogens (primary N) is 2. The van der Waals surface area contributed by atoms with Crippen LogP contribution in [0.5, 0.6) is 0 Å².